The van der Waals surface area contributed by atoms with Gasteiger partial charge in [0.1, 0.15) is 12.1 Å². The van der Waals surface area contributed by atoms with Gasteiger partial charge in [-0.2, -0.15) is 0 Å². The van der Waals surface area contributed by atoms with E-state index in [1.165, 1.54) is 6.92 Å². The molecule has 0 heterocycles. The van der Waals surface area contributed by atoms with Gasteiger partial charge in [0.25, 0.3) is 8.96 Å². The molecule has 0 aliphatic rings. The van der Waals surface area contributed by atoms with E-state index in [2.05, 4.69) is 15.6 Å². The lowest BCUT2D eigenvalue weighted by Crippen LogP contribution is -2.55. The van der Waals surface area contributed by atoms with E-state index in [1.807, 2.05) is 0 Å². The number of carbonyl (C=O) groups excluding carboxylic acids is 7. The normalized spacial score (nSPS) is 12.1. The highest BCUT2D eigenvalue weighted by molar-refractivity contribution is 6.89. The molecule has 15 heteroatoms. The van der Waals surface area contributed by atoms with Gasteiger partial charge in [0.2, 0.25) is 29.2 Å². The van der Waals surface area contributed by atoms with Crippen LogP contribution in [0.15, 0.2) is 0 Å². The predicted molar refractivity (Wildman–Crippen MR) is 118 cm³/mol. The Bertz CT molecular complexity index is 818. The molecule has 33 heavy (non-hydrogen) atoms. The van der Waals surface area contributed by atoms with Crippen molar-refractivity contribution in [3.63, 3.8) is 0 Å². The van der Waals surface area contributed by atoms with Crippen LogP contribution in [0.4, 0.5) is 4.79 Å². The summed E-state index contributed by atoms with van der Waals surface area (Å²) in [6.07, 6.45) is 0.144. The van der Waals surface area contributed by atoms with Crippen molar-refractivity contribution in [1.29, 1.82) is 10.8 Å². The van der Waals surface area contributed by atoms with Crippen LogP contribution in [0.1, 0.15) is 39.0 Å². The summed E-state index contributed by atoms with van der Waals surface area (Å²) in [5.41, 5.74) is 9.66. The molecule has 9 N–H and O–H groups in total. The number of hydrogen-bond acceptors (Lipinski definition) is 9. The molecule has 0 saturated heterocycles. The van der Waals surface area contributed by atoms with Crippen LogP contribution < -0.4 is 27.1 Å². The van der Waals surface area contributed by atoms with Crippen molar-refractivity contribution >= 4 is 62.1 Å². The van der Waals surface area contributed by atoms with E-state index in [9.17, 15) is 33.6 Å². The lowest BCUT2D eigenvalue weighted by Gasteiger charge is -2.20. The van der Waals surface area contributed by atoms with Gasteiger partial charge in [0.15, 0.2) is 11.6 Å². The highest BCUT2D eigenvalue weighted by Gasteiger charge is 2.29. The summed E-state index contributed by atoms with van der Waals surface area (Å²) in [7, 11) is -2.50. The highest BCUT2D eigenvalue weighted by Crippen LogP contribution is 2.04. The van der Waals surface area contributed by atoms with E-state index in [0.717, 1.165) is 0 Å². The zero-order valence-corrected chi connectivity index (χ0v) is 19.1. The molecule has 0 aliphatic carbocycles. The number of amides is 5. The van der Waals surface area contributed by atoms with Crippen LogP contribution in [-0.2, 0) is 28.8 Å². The van der Waals surface area contributed by atoms with E-state index >= 15 is 0 Å². The zero-order valence-electron chi connectivity index (χ0n) is 18.1. The number of hydrogen-bond donors (Lipinski definition) is 7. The molecule has 2 atom stereocenters. The summed E-state index contributed by atoms with van der Waals surface area (Å²) >= 11 is 0. The van der Waals surface area contributed by atoms with Crippen LogP contribution in [0, 0.1) is 10.8 Å². The fourth-order valence-corrected chi connectivity index (χ4v) is 4.25. The maximum absolute atomic E-state index is 12.7. The Morgan fingerprint density at radius 1 is 0.818 bits per heavy atom. The minimum Gasteiger partial charge on any atom is -0.374 e. The van der Waals surface area contributed by atoms with Gasteiger partial charge in [-0.1, -0.05) is 0 Å². The maximum Gasteiger partial charge on any atom is 0.281 e. The van der Waals surface area contributed by atoms with Gasteiger partial charge in [-0.15, -0.1) is 0 Å². The fourth-order valence-electron chi connectivity index (χ4n) is 2.48. The van der Waals surface area contributed by atoms with Gasteiger partial charge >= 0.3 is 0 Å². The Morgan fingerprint density at radius 3 is 1.79 bits per heavy atom. The highest BCUT2D eigenvalue weighted by atomic mass is 28.3. The van der Waals surface area contributed by atoms with Crippen LogP contribution in [-0.4, -0.2) is 74.2 Å². The molecule has 0 aromatic carbocycles. The molecular weight excluding hydrogens is 454 g/mol. The Hall–Kier alpha value is -3.75. The third-order valence-electron chi connectivity index (χ3n) is 4.22. The van der Waals surface area contributed by atoms with Gasteiger partial charge in [0.05, 0.1) is 12.4 Å². The summed E-state index contributed by atoms with van der Waals surface area (Å²) < 4.78 is 0. The summed E-state index contributed by atoms with van der Waals surface area (Å²) in [5.74, 6) is -4.11. The number of nitrogens with one attached hydrogen (secondary N) is 5. The molecule has 0 fully saturated rings. The Balaban J connectivity index is 5.25. The van der Waals surface area contributed by atoms with Crippen LogP contribution >= 0.6 is 0 Å². The second kappa shape index (κ2) is 15.1. The molecule has 14 nitrogen and oxygen atoms in total. The van der Waals surface area contributed by atoms with Crippen molar-refractivity contribution < 1.29 is 33.6 Å². The third-order valence-corrected chi connectivity index (χ3v) is 6.24. The molecule has 1 radical (unpaired) electrons. The molecule has 0 aromatic rings. The summed E-state index contributed by atoms with van der Waals surface area (Å²) in [5, 5.41) is 18.5. The molecule has 0 saturated carbocycles. The van der Waals surface area contributed by atoms with Crippen molar-refractivity contribution in [1.82, 2.24) is 15.6 Å². The van der Waals surface area contributed by atoms with Crippen molar-refractivity contribution in [3.8, 4) is 0 Å². The van der Waals surface area contributed by atoms with Crippen molar-refractivity contribution in [2.24, 2.45) is 11.5 Å². The lowest BCUT2D eigenvalue weighted by molar-refractivity contribution is -0.127. The molecule has 5 amide bonds. The van der Waals surface area contributed by atoms with E-state index in [4.69, 9.17) is 22.3 Å². The van der Waals surface area contributed by atoms with Gasteiger partial charge in [-0.25, -0.2) is 0 Å². The Labute approximate surface area is 191 Å². The van der Waals surface area contributed by atoms with E-state index in [-0.39, 0.29) is 38.1 Å². The maximum atomic E-state index is 12.7. The van der Waals surface area contributed by atoms with Crippen molar-refractivity contribution in [2.45, 2.75) is 57.2 Å². The van der Waals surface area contributed by atoms with Crippen LogP contribution in [0.25, 0.3) is 0 Å². The largest absolute Gasteiger partial charge is 0.374 e. The number of nitrogens with two attached hydrogens (primary N) is 2. The van der Waals surface area contributed by atoms with Gasteiger partial charge in [-0.3, -0.25) is 33.6 Å². The summed E-state index contributed by atoms with van der Waals surface area (Å²) in [6.45, 7) is 1.17. The first-order valence-corrected chi connectivity index (χ1v) is 11.5. The molecule has 0 bridgehead atoms. The number of ketones is 2. The molecule has 0 unspecified atom stereocenters. The van der Waals surface area contributed by atoms with Crippen molar-refractivity contribution in [3.05, 3.63) is 0 Å². The lowest BCUT2D eigenvalue weighted by atomic mass is 10.1. The smallest absolute Gasteiger partial charge is 0.281 e. The van der Waals surface area contributed by atoms with E-state index in [0.29, 0.717) is 12.4 Å². The second-order valence-electron chi connectivity index (χ2n) is 6.91. The number of carbonyl (C=O) groups is 7. The van der Waals surface area contributed by atoms with Crippen LogP contribution in [0.3, 0.4) is 0 Å². The molecule has 0 rings (SSSR count). The minimum atomic E-state index is -2.50. The fraction of sp³-hybridized carbons (Fsp3) is 0.500. The predicted octanol–water partition coefficient (Wildman–Crippen LogP) is -2.38. The van der Waals surface area contributed by atoms with Gasteiger partial charge < -0.3 is 37.9 Å². The average molecular weight is 483 g/mol. The molecule has 181 valence electrons. The first-order chi connectivity index (χ1) is 15.4. The molecular formula is C18H28N7O7Si. The Kier molecular flexibility index (Phi) is 13.4. The second-order valence-corrected chi connectivity index (χ2v) is 9.07. The van der Waals surface area contributed by atoms with Gasteiger partial charge in [0, 0.05) is 26.2 Å². The number of primary amides is 2. The standard InChI is InChI=1S/C18H28N7O7Si/c1-10(26)23-13(16(21)30)4-5-15(29)25-33(7-6-12(28)9-20)18(32)24-14(17(22)31)3-2-11(27)8-19/h8-9,13-14,19-20H,2-7H2,1H3,(H2,21,30)(H2,22,31)(H,23,26)(H,24,32)(H,25,29)/t13-,14-/m0/s1. The van der Waals surface area contributed by atoms with Crippen LogP contribution in [0.5, 0.6) is 0 Å². The summed E-state index contributed by atoms with van der Waals surface area (Å²) in [4.78, 5) is 84.4. The molecule has 0 spiro atoms. The first-order valence-electron chi connectivity index (χ1n) is 9.80. The van der Waals surface area contributed by atoms with Crippen molar-refractivity contribution in [2.75, 3.05) is 0 Å². The quantitative estimate of drug-likeness (QED) is 0.0873. The SMILES string of the molecule is CC(=O)N[C@@H](CCC(=O)N[Si](CCC(=O)C=N)C(=O)N[C@@H](CCC(=O)C=N)C(N)=O)C(N)=O. The molecule has 0 aliphatic heterocycles. The van der Waals surface area contributed by atoms with E-state index in [1.54, 1.807) is 0 Å². The zero-order chi connectivity index (χ0) is 25.6. The molecule has 0 aromatic heterocycles. The number of Topliss-reactive ketones (excluding diaryl/α,β-unsaturated/α-hetero) is 2. The third kappa shape index (κ3) is 12.6. The monoisotopic (exact) mass is 482 g/mol. The first kappa shape index (κ1) is 29.2. The minimum absolute atomic E-state index is 0.105. The van der Waals surface area contributed by atoms with Gasteiger partial charge in [-0.05, 0) is 18.9 Å². The van der Waals surface area contributed by atoms with E-state index < -0.39 is 61.8 Å². The number of rotatable bonds is 17. The average Bonchev–Trinajstić information content (AvgIpc) is 2.75. The Morgan fingerprint density at radius 2 is 1.30 bits per heavy atom. The van der Waals surface area contributed by atoms with Crippen LogP contribution in [0.2, 0.25) is 6.04 Å². The summed E-state index contributed by atoms with van der Waals surface area (Å²) in [6, 6.07) is -2.44. The topological polar surface area (TPSA) is 255 Å².